The molecule has 3 N–H and O–H groups in total. The Morgan fingerprint density at radius 2 is 1.30 bits per heavy atom. The average Bonchev–Trinajstić information content (AvgIpc) is 2.49. The van der Waals surface area contributed by atoms with Gasteiger partial charge in [0, 0.05) is 17.9 Å². The van der Waals surface area contributed by atoms with Crippen LogP contribution in [0.5, 0.6) is 0 Å². The molecular formula is C14H30O6. The minimum absolute atomic E-state index is 0.0548. The maximum atomic E-state index is 9.45. The Morgan fingerprint density at radius 1 is 0.800 bits per heavy atom. The van der Waals surface area contributed by atoms with E-state index in [-0.39, 0.29) is 33.0 Å². The summed E-state index contributed by atoms with van der Waals surface area (Å²) in [5.41, 5.74) is -1.16. The summed E-state index contributed by atoms with van der Waals surface area (Å²) in [5.74, 6) is 0. The molecule has 0 saturated carbocycles. The average molecular weight is 294 g/mol. The summed E-state index contributed by atoms with van der Waals surface area (Å²) in [7, 11) is 1.57. The van der Waals surface area contributed by atoms with Crippen molar-refractivity contribution in [3.05, 3.63) is 0 Å². The predicted molar refractivity (Wildman–Crippen MR) is 75.1 cm³/mol. The van der Waals surface area contributed by atoms with Crippen LogP contribution in [0.2, 0.25) is 0 Å². The Kier molecular flexibility index (Phi) is 10.4. The van der Waals surface area contributed by atoms with E-state index in [9.17, 15) is 15.3 Å². The van der Waals surface area contributed by atoms with E-state index in [4.69, 9.17) is 14.5 Å². The first kappa shape index (κ1) is 19.8. The summed E-state index contributed by atoms with van der Waals surface area (Å²) in [6.45, 7) is 4.26. The second kappa shape index (κ2) is 10.5. The zero-order valence-electron chi connectivity index (χ0n) is 12.9. The molecule has 0 aromatic carbocycles. The van der Waals surface area contributed by atoms with Gasteiger partial charge in [0.15, 0.2) is 0 Å². The second-order valence-corrected chi connectivity index (χ2v) is 5.54. The van der Waals surface area contributed by atoms with Gasteiger partial charge in [-0.05, 0) is 12.8 Å². The van der Waals surface area contributed by atoms with E-state index < -0.39 is 10.8 Å². The molecular weight excluding hydrogens is 264 g/mol. The topological polar surface area (TPSA) is 88.4 Å². The van der Waals surface area contributed by atoms with Crippen LogP contribution in [0.3, 0.4) is 0 Å². The molecule has 122 valence electrons. The SMILES string of the molecule is CCCC(CO)(CO)COOCC(CC)(CO)COC. The molecule has 0 saturated heterocycles. The van der Waals surface area contributed by atoms with E-state index in [1.54, 1.807) is 7.11 Å². The van der Waals surface area contributed by atoms with Gasteiger partial charge in [-0.1, -0.05) is 20.3 Å². The van der Waals surface area contributed by atoms with E-state index in [2.05, 4.69) is 0 Å². The van der Waals surface area contributed by atoms with E-state index in [0.717, 1.165) is 6.42 Å². The summed E-state index contributed by atoms with van der Waals surface area (Å²) in [6, 6.07) is 0. The molecule has 20 heavy (non-hydrogen) atoms. The van der Waals surface area contributed by atoms with Crippen LogP contribution in [0, 0.1) is 10.8 Å². The second-order valence-electron chi connectivity index (χ2n) is 5.54. The zero-order valence-corrected chi connectivity index (χ0v) is 12.9. The molecule has 0 aliphatic carbocycles. The molecule has 0 radical (unpaired) electrons. The van der Waals surface area contributed by atoms with Crippen LogP contribution in [0.1, 0.15) is 33.1 Å². The summed E-state index contributed by atoms with van der Waals surface area (Å²) in [6.07, 6.45) is 2.19. The van der Waals surface area contributed by atoms with Gasteiger partial charge in [0.1, 0.15) is 0 Å². The van der Waals surface area contributed by atoms with Crippen molar-refractivity contribution in [1.82, 2.24) is 0 Å². The van der Waals surface area contributed by atoms with Crippen molar-refractivity contribution in [2.75, 3.05) is 46.8 Å². The Balaban J connectivity index is 4.27. The molecule has 0 fully saturated rings. The van der Waals surface area contributed by atoms with Crippen LogP contribution in [0.4, 0.5) is 0 Å². The van der Waals surface area contributed by atoms with Gasteiger partial charge in [0.25, 0.3) is 0 Å². The molecule has 0 amide bonds. The number of rotatable bonds is 13. The standard InChI is InChI=1S/C14H30O6/c1-4-6-14(8-16,9-17)12-20-19-11-13(5-2,7-15)10-18-3/h15-17H,4-12H2,1-3H3. The largest absolute Gasteiger partial charge is 0.396 e. The number of hydrogen-bond acceptors (Lipinski definition) is 6. The van der Waals surface area contributed by atoms with E-state index in [0.29, 0.717) is 19.4 Å². The van der Waals surface area contributed by atoms with Crippen molar-refractivity contribution in [1.29, 1.82) is 0 Å². The highest BCUT2D eigenvalue weighted by Crippen LogP contribution is 2.25. The van der Waals surface area contributed by atoms with E-state index in [1.165, 1.54) is 0 Å². The maximum absolute atomic E-state index is 9.45. The number of aliphatic hydroxyl groups excluding tert-OH is 3. The molecule has 1 atom stereocenters. The molecule has 1 unspecified atom stereocenters. The first-order valence-corrected chi connectivity index (χ1v) is 7.13. The molecule has 0 rings (SSSR count). The molecule has 0 heterocycles. The minimum Gasteiger partial charge on any atom is -0.396 e. The van der Waals surface area contributed by atoms with Crippen molar-refractivity contribution < 1.29 is 29.8 Å². The Labute approximate surface area is 121 Å². The van der Waals surface area contributed by atoms with E-state index in [1.807, 2.05) is 13.8 Å². The Bertz CT molecular complexity index is 202. The third-order valence-corrected chi connectivity index (χ3v) is 3.80. The summed E-state index contributed by atoms with van der Waals surface area (Å²) in [5, 5.41) is 28.2. The molecule has 0 aromatic rings. The molecule has 6 nitrogen and oxygen atoms in total. The molecule has 0 bridgehead atoms. The van der Waals surface area contributed by atoms with Crippen LogP contribution in [-0.4, -0.2) is 62.1 Å². The van der Waals surface area contributed by atoms with Gasteiger partial charge in [0.05, 0.1) is 39.6 Å². The van der Waals surface area contributed by atoms with Crippen molar-refractivity contribution in [2.45, 2.75) is 33.1 Å². The summed E-state index contributed by atoms with van der Waals surface area (Å²) in [4.78, 5) is 10.3. The number of hydrogen-bond donors (Lipinski definition) is 3. The van der Waals surface area contributed by atoms with Crippen molar-refractivity contribution >= 4 is 0 Å². The van der Waals surface area contributed by atoms with Gasteiger partial charge in [-0.15, -0.1) is 0 Å². The lowest BCUT2D eigenvalue weighted by Crippen LogP contribution is -2.38. The molecule has 0 spiro atoms. The van der Waals surface area contributed by atoms with Crippen LogP contribution in [0.25, 0.3) is 0 Å². The monoisotopic (exact) mass is 294 g/mol. The predicted octanol–water partition coefficient (Wildman–Crippen LogP) is 0.741. The van der Waals surface area contributed by atoms with Crippen molar-refractivity contribution in [3.8, 4) is 0 Å². The minimum atomic E-state index is -0.676. The summed E-state index contributed by atoms with van der Waals surface area (Å²) < 4.78 is 5.09. The first-order valence-electron chi connectivity index (χ1n) is 7.13. The number of ether oxygens (including phenoxy) is 1. The fraction of sp³-hybridized carbons (Fsp3) is 1.00. The third kappa shape index (κ3) is 6.03. The fourth-order valence-corrected chi connectivity index (χ4v) is 1.99. The highest BCUT2D eigenvalue weighted by Gasteiger charge is 2.31. The van der Waals surface area contributed by atoms with Crippen molar-refractivity contribution in [3.63, 3.8) is 0 Å². The van der Waals surface area contributed by atoms with E-state index >= 15 is 0 Å². The van der Waals surface area contributed by atoms with Crippen LogP contribution in [-0.2, 0) is 14.5 Å². The van der Waals surface area contributed by atoms with Crippen LogP contribution in [0.15, 0.2) is 0 Å². The van der Waals surface area contributed by atoms with Gasteiger partial charge in [-0.3, -0.25) is 0 Å². The van der Waals surface area contributed by atoms with Crippen LogP contribution < -0.4 is 0 Å². The molecule has 0 aliphatic rings. The lowest BCUT2D eigenvalue weighted by Gasteiger charge is -2.31. The van der Waals surface area contributed by atoms with Gasteiger partial charge in [-0.2, -0.15) is 0 Å². The third-order valence-electron chi connectivity index (χ3n) is 3.80. The lowest BCUT2D eigenvalue weighted by atomic mass is 9.86. The van der Waals surface area contributed by atoms with Gasteiger partial charge in [0.2, 0.25) is 0 Å². The fourth-order valence-electron chi connectivity index (χ4n) is 1.99. The Morgan fingerprint density at radius 3 is 1.65 bits per heavy atom. The molecule has 0 aromatic heterocycles. The number of methoxy groups -OCH3 is 1. The lowest BCUT2D eigenvalue weighted by molar-refractivity contribution is -0.331. The number of aliphatic hydroxyl groups is 3. The smallest absolute Gasteiger partial charge is 0.0922 e. The van der Waals surface area contributed by atoms with Gasteiger partial charge < -0.3 is 20.1 Å². The van der Waals surface area contributed by atoms with Gasteiger partial charge >= 0.3 is 0 Å². The normalized spacial score (nSPS) is 15.3. The highest BCUT2D eigenvalue weighted by atomic mass is 17.2. The highest BCUT2D eigenvalue weighted by molar-refractivity contribution is 4.77. The molecule has 0 aliphatic heterocycles. The zero-order chi connectivity index (χ0) is 15.5. The first-order chi connectivity index (χ1) is 9.57. The summed E-state index contributed by atoms with van der Waals surface area (Å²) >= 11 is 0. The van der Waals surface area contributed by atoms with Crippen molar-refractivity contribution in [2.24, 2.45) is 10.8 Å². The Hall–Kier alpha value is -0.240. The molecule has 6 heteroatoms. The quantitative estimate of drug-likeness (QED) is 0.264. The van der Waals surface area contributed by atoms with Crippen LogP contribution >= 0.6 is 0 Å². The maximum Gasteiger partial charge on any atom is 0.0922 e. The van der Waals surface area contributed by atoms with Gasteiger partial charge in [-0.25, -0.2) is 9.78 Å².